The Hall–Kier alpha value is -1.10. The Morgan fingerprint density at radius 1 is 1.24 bits per heavy atom. The second-order valence-corrected chi connectivity index (χ2v) is 4.25. The summed E-state index contributed by atoms with van der Waals surface area (Å²) in [5.41, 5.74) is 7.19. The molecular weight excluding hydrogens is 216 g/mol. The highest BCUT2D eigenvalue weighted by molar-refractivity contribution is 5.35. The molecule has 17 heavy (non-hydrogen) atoms. The van der Waals surface area contributed by atoms with Gasteiger partial charge in [0, 0.05) is 25.3 Å². The lowest BCUT2D eigenvalue weighted by atomic mass is 10.1. The number of methoxy groups -OCH3 is 1. The van der Waals surface area contributed by atoms with Crippen molar-refractivity contribution in [3.63, 3.8) is 0 Å². The molecule has 0 saturated carbocycles. The zero-order chi connectivity index (χ0) is 12.7. The molecule has 0 aliphatic heterocycles. The summed E-state index contributed by atoms with van der Waals surface area (Å²) in [6, 6.07) is 7.85. The van der Waals surface area contributed by atoms with Gasteiger partial charge in [-0.25, -0.2) is 0 Å². The number of nitrogens with two attached hydrogens (primary N) is 1. The molecule has 2 N–H and O–H groups in total. The molecule has 0 aliphatic rings. The van der Waals surface area contributed by atoms with Crippen molar-refractivity contribution in [1.82, 2.24) is 4.90 Å². The summed E-state index contributed by atoms with van der Waals surface area (Å²) in [7, 11) is 5.68. The monoisotopic (exact) mass is 238 g/mol. The van der Waals surface area contributed by atoms with Gasteiger partial charge in [-0.3, -0.25) is 0 Å². The van der Waals surface area contributed by atoms with Crippen LogP contribution in [0.15, 0.2) is 24.3 Å². The number of likely N-dealkylation sites (N-methyl/N-ethyl adjacent to an activating group) is 1. The third kappa shape index (κ3) is 4.73. The summed E-state index contributed by atoms with van der Waals surface area (Å²) in [6.45, 7) is 1.92. The van der Waals surface area contributed by atoms with E-state index in [2.05, 4.69) is 4.90 Å². The number of ether oxygens (including phenoxy) is 2. The van der Waals surface area contributed by atoms with Crippen molar-refractivity contribution in [3.8, 4) is 5.75 Å². The Morgan fingerprint density at radius 3 is 2.59 bits per heavy atom. The van der Waals surface area contributed by atoms with Crippen LogP contribution in [0.5, 0.6) is 5.75 Å². The molecule has 0 radical (unpaired) electrons. The maximum atomic E-state index is 6.15. The number of para-hydroxylation sites is 1. The van der Waals surface area contributed by atoms with Gasteiger partial charge >= 0.3 is 0 Å². The van der Waals surface area contributed by atoms with Gasteiger partial charge in [0.25, 0.3) is 0 Å². The molecule has 1 aromatic rings. The summed E-state index contributed by atoms with van der Waals surface area (Å²) in [5.74, 6) is 0.846. The Morgan fingerprint density at radius 2 is 1.94 bits per heavy atom. The lowest BCUT2D eigenvalue weighted by Crippen LogP contribution is -2.26. The Balaban J connectivity index is 2.69. The molecule has 0 saturated heterocycles. The van der Waals surface area contributed by atoms with Crippen LogP contribution in [0, 0.1) is 0 Å². The first-order valence-corrected chi connectivity index (χ1v) is 5.76. The van der Waals surface area contributed by atoms with Crippen LogP contribution in [-0.2, 0) is 4.74 Å². The van der Waals surface area contributed by atoms with Gasteiger partial charge in [0.05, 0.1) is 6.61 Å². The van der Waals surface area contributed by atoms with Gasteiger partial charge in [0.1, 0.15) is 12.4 Å². The molecule has 1 unspecified atom stereocenters. The molecule has 0 fully saturated rings. The molecule has 1 rings (SSSR count). The molecule has 1 atom stereocenters. The van der Waals surface area contributed by atoms with Crippen LogP contribution in [0.2, 0.25) is 0 Å². The minimum atomic E-state index is -0.0382. The normalized spacial score (nSPS) is 12.8. The number of hydrogen-bond donors (Lipinski definition) is 1. The van der Waals surface area contributed by atoms with Gasteiger partial charge in [-0.1, -0.05) is 18.2 Å². The molecule has 0 aliphatic carbocycles. The van der Waals surface area contributed by atoms with Crippen LogP contribution in [0.1, 0.15) is 11.6 Å². The zero-order valence-electron chi connectivity index (χ0n) is 10.8. The van der Waals surface area contributed by atoms with E-state index in [1.807, 2.05) is 38.4 Å². The fraction of sp³-hybridized carbons (Fsp3) is 0.538. The van der Waals surface area contributed by atoms with E-state index in [1.54, 1.807) is 7.11 Å². The second kappa shape index (κ2) is 7.27. The van der Waals surface area contributed by atoms with E-state index in [-0.39, 0.29) is 6.04 Å². The first-order valence-electron chi connectivity index (χ1n) is 5.76. The van der Waals surface area contributed by atoms with Crippen LogP contribution in [-0.4, -0.2) is 45.9 Å². The minimum Gasteiger partial charge on any atom is -0.491 e. The van der Waals surface area contributed by atoms with E-state index in [1.165, 1.54) is 0 Å². The molecule has 4 heteroatoms. The van der Waals surface area contributed by atoms with Crippen molar-refractivity contribution in [2.45, 2.75) is 6.04 Å². The molecular formula is C13H22N2O2. The lowest BCUT2D eigenvalue weighted by Gasteiger charge is -2.20. The van der Waals surface area contributed by atoms with Crippen LogP contribution in [0.3, 0.4) is 0 Å². The zero-order valence-corrected chi connectivity index (χ0v) is 10.8. The van der Waals surface area contributed by atoms with Gasteiger partial charge in [-0.05, 0) is 20.2 Å². The number of benzene rings is 1. The van der Waals surface area contributed by atoms with Gasteiger partial charge in [0.2, 0.25) is 0 Å². The van der Waals surface area contributed by atoms with Crippen LogP contribution in [0.25, 0.3) is 0 Å². The summed E-state index contributed by atoms with van der Waals surface area (Å²) in [4.78, 5) is 2.07. The molecule has 0 aromatic heterocycles. The predicted octanol–water partition coefficient (Wildman–Crippen LogP) is 1.27. The standard InChI is InChI=1S/C13H22N2O2/c1-15(2)10-12(14)11-6-4-5-7-13(11)17-9-8-16-3/h4-7,12H,8-10,14H2,1-3H3. The average molecular weight is 238 g/mol. The van der Waals surface area contributed by atoms with Gasteiger partial charge in [-0.15, -0.1) is 0 Å². The van der Waals surface area contributed by atoms with Crippen LogP contribution >= 0.6 is 0 Å². The third-order valence-corrected chi connectivity index (χ3v) is 2.43. The molecule has 96 valence electrons. The first-order chi connectivity index (χ1) is 8.15. The summed E-state index contributed by atoms with van der Waals surface area (Å²) < 4.78 is 10.6. The van der Waals surface area contributed by atoms with Gasteiger partial charge in [0.15, 0.2) is 0 Å². The van der Waals surface area contributed by atoms with Gasteiger partial charge in [-0.2, -0.15) is 0 Å². The lowest BCUT2D eigenvalue weighted by molar-refractivity contribution is 0.145. The highest BCUT2D eigenvalue weighted by Crippen LogP contribution is 2.23. The fourth-order valence-corrected chi connectivity index (χ4v) is 1.64. The summed E-state index contributed by atoms with van der Waals surface area (Å²) in [5, 5.41) is 0. The fourth-order valence-electron chi connectivity index (χ4n) is 1.64. The molecule has 4 nitrogen and oxygen atoms in total. The van der Waals surface area contributed by atoms with E-state index in [9.17, 15) is 0 Å². The van der Waals surface area contributed by atoms with E-state index in [0.29, 0.717) is 13.2 Å². The van der Waals surface area contributed by atoms with Crippen molar-refractivity contribution in [3.05, 3.63) is 29.8 Å². The van der Waals surface area contributed by atoms with Crippen molar-refractivity contribution in [2.75, 3.05) is 41.0 Å². The Kier molecular flexibility index (Phi) is 5.97. The summed E-state index contributed by atoms with van der Waals surface area (Å²) in [6.07, 6.45) is 0. The van der Waals surface area contributed by atoms with Gasteiger partial charge < -0.3 is 20.1 Å². The van der Waals surface area contributed by atoms with Crippen molar-refractivity contribution >= 4 is 0 Å². The van der Waals surface area contributed by atoms with Crippen LogP contribution < -0.4 is 10.5 Å². The SMILES string of the molecule is COCCOc1ccccc1C(N)CN(C)C. The second-order valence-electron chi connectivity index (χ2n) is 4.25. The van der Waals surface area contributed by atoms with E-state index in [0.717, 1.165) is 17.9 Å². The van der Waals surface area contributed by atoms with Crippen molar-refractivity contribution in [1.29, 1.82) is 0 Å². The highest BCUT2D eigenvalue weighted by Gasteiger charge is 2.12. The molecule has 0 amide bonds. The predicted molar refractivity (Wildman–Crippen MR) is 69.3 cm³/mol. The van der Waals surface area contributed by atoms with Crippen molar-refractivity contribution < 1.29 is 9.47 Å². The molecule has 0 bridgehead atoms. The topological polar surface area (TPSA) is 47.7 Å². The quantitative estimate of drug-likeness (QED) is 0.727. The number of rotatable bonds is 7. The maximum absolute atomic E-state index is 6.15. The molecule has 0 spiro atoms. The first kappa shape index (κ1) is 14.0. The Bertz CT molecular complexity index is 329. The van der Waals surface area contributed by atoms with E-state index >= 15 is 0 Å². The third-order valence-electron chi connectivity index (χ3n) is 2.43. The molecule has 0 heterocycles. The largest absolute Gasteiger partial charge is 0.491 e. The number of nitrogens with zero attached hydrogens (tertiary/aromatic N) is 1. The Labute approximate surface area is 103 Å². The molecule has 1 aromatic carbocycles. The maximum Gasteiger partial charge on any atom is 0.124 e. The van der Waals surface area contributed by atoms with E-state index < -0.39 is 0 Å². The average Bonchev–Trinajstić information content (AvgIpc) is 2.29. The number of hydrogen-bond acceptors (Lipinski definition) is 4. The van der Waals surface area contributed by atoms with Crippen LogP contribution in [0.4, 0.5) is 0 Å². The summed E-state index contributed by atoms with van der Waals surface area (Å²) >= 11 is 0. The minimum absolute atomic E-state index is 0.0382. The van der Waals surface area contributed by atoms with Crippen molar-refractivity contribution in [2.24, 2.45) is 5.73 Å². The highest BCUT2D eigenvalue weighted by atomic mass is 16.5. The smallest absolute Gasteiger partial charge is 0.124 e. The van der Waals surface area contributed by atoms with E-state index in [4.69, 9.17) is 15.2 Å².